The summed E-state index contributed by atoms with van der Waals surface area (Å²) in [4.78, 5) is 0. The first-order valence-corrected chi connectivity index (χ1v) is 5.21. The maximum atomic E-state index is 5.89. The summed E-state index contributed by atoms with van der Waals surface area (Å²) in [5.74, 6) is 1.71. The molecule has 2 heteroatoms. The van der Waals surface area contributed by atoms with Crippen molar-refractivity contribution in [1.82, 2.24) is 0 Å². The summed E-state index contributed by atoms with van der Waals surface area (Å²) >= 11 is 0. The predicted molar refractivity (Wildman–Crippen MR) is 50.6 cm³/mol. The zero-order chi connectivity index (χ0) is 8.60. The summed E-state index contributed by atoms with van der Waals surface area (Å²) in [6, 6.07) is 0. The van der Waals surface area contributed by atoms with Gasteiger partial charge in [-0.15, -0.1) is 0 Å². The molecule has 0 aromatic heterocycles. The molecule has 2 nitrogen and oxygen atoms in total. The zero-order valence-corrected chi connectivity index (χ0v) is 7.76. The first kappa shape index (κ1) is 8.52. The van der Waals surface area contributed by atoms with Crippen molar-refractivity contribution in [3.63, 3.8) is 0 Å². The van der Waals surface area contributed by atoms with Crippen molar-refractivity contribution in [2.75, 3.05) is 13.1 Å². The maximum Gasteiger partial charge on any atom is -0.00173 e. The van der Waals surface area contributed by atoms with Crippen LogP contribution in [0.3, 0.4) is 0 Å². The topological polar surface area (TPSA) is 52.0 Å². The number of fused-ring (bicyclic) bond motifs is 2. The minimum Gasteiger partial charge on any atom is -0.330 e. The van der Waals surface area contributed by atoms with Gasteiger partial charge in [0.05, 0.1) is 0 Å². The van der Waals surface area contributed by atoms with Crippen LogP contribution in [0.25, 0.3) is 0 Å². The van der Waals surface area contributed by atoms with E-state index < -0.39 is 0 Å². The van der Waals surface area contributed by atoms with Gasteiger partial charge in [-0.25, -0.2) is 0 Å². The number of hydrogen-bond acceptors (Lipinski definition) is 2. The molecule has 70 valence electrons. The average molecular weight is 168 g/mol. The van der Waals surface area contributed by atoms with Gasteiger partial charge < -0.3 is 11.5 Å². The van der Waals surface area contributed by atoms with Crippen LogP contribution in [0.4, 0.5) is 0 Å². The molecular formula is C10H20N2. The number of hydrogen-bond donors (Lipinski definition) is 2. The minimum atomic E-state index is 0.456. The third-order valence-electron chi connectivity index (χ3n) is 4.23. The van der Waals surface area contributed by atoms with Crippen LogP contribution in [0.5, 0.6) is 0 Å². The van der Waals surface area contributed by atoms with Gasteiger partial charge in [-0.2, -0.15) is 0 Å². The van der Waals surface area contributed by atoms with Crippen molar-refractivity contribution < 1.29 is 0 Å². The lowest BCUT2D eigenvalue weighted by Gasteiger charge is -2.39. The van der Waals surface area contributed by atoms with Gasteiger partial charge in [-0.1, -0.05) is 6.42 Å². The summed E-state index contributed by atoms with van der Waals surface area (Å²) in [6.07, 6.45) is 6.86. The van der Waals surface area contributed by atoms with E-state index in [9.17, 15) is 0 Å². The highest BCUT2D eigenvalue weighted by Crippen LogP contribution is 2.53. The molecule has 0 aromatic carbocycles. The van der Waals surface area contributed by atoms with Crippen LogP contribution in [0.1, 0.15) is 32.1 Å². The highest BCUT2D eigenvalue weighted by atomic mass is 14.7. The molecule has 3 atom stereocenters. The molecule has 3 unspecified atom stereocenters. The molecule has 2 aliphatic rings. The van der Waals surface area contributed by atoms with Gasteiger partial charge in [0.2, 0.25) is 0 Å². The second-order valence-electron chi connectivity index (χ2n) is 4.69. The third-order valence-corrected chi connectivity index (χ3v) is 4.23. The molecule has 12 heavy (non-hydrogen) atoms. The monoisotopic (exact) mass is 168 g/mol. The van der Waals surface area contributed by atoms with Gasteiger partial charge in [0, 0.05) is 0 Å². The maximum absolute atomic E-state index is 5.89. The lowest BCUT2D eigenvalue weighted by Crippen LogP contribution is -2.41. The molecule has 2 saturated carbocycles. The third kappa shape index (κ3) is 1.09. The Morgan fingerprint density at radius 2 is 2.00 bits per heavy atom. The Labute approximate surface area is 74.7 Å². The van der Waals surface area contributed by atoms with E-state index in [1.54, 1.807) is 0 Å². The quantitative estimate of drug-likeness (QED) is 0.648. The summed E-state index contributed by atoms with van der Waals surface area (Å²) in [7, 11) is 0. The summed E-state index contributed by atoms with van der Waals surface area (Å²) in [6.45, 7) is 1.72. The van der Waals surface area contributed by atoms with Crippen LogP contribution in [-0.2, 0) is 0 Å². The van der Waals surface area contributed by atoms with Crippen LogP contribution in [0.2, 0.25) is 0 Å². The Morgan fingerprint density at radius 3 is 2.67 bits per heavy atom. The molecule has 0 saturated heterocycles. The van der Waals surface area contributed by atoms with Gasteiger partial charge in [0.1, 0.15) is 0 Å². The largest absolute Gasteiger partial charge is 0.330 e. The Balaban J connectivity index is 2.15. The molecule has 2 bridgehead atoms. The molecule has 0 heterocycles. The van der Waals surface area contributed by atoms with E-state index in [0.29, 0.717) is 5.41 Å². The summed E-state index contributed by atoms with van der Waals surface area (Å²) in [5.41, 5.74) is 12.1. The fourth-order valence-electron chi connectivity index (χ4n) is 3.35. The van der Waals surface area contributed by atoms with Crippen molar-refractivity contribution in [2.24, 2.45) is 28.7 Å². The molecule has 0 amide bonds. The van der Waals surface area contributed by atoms with E-state index in [1.807, 2.05) is 0 Å². The van der Waals surface area contributed by atoms with Crippen LogP contribution < -0.4 is 11.5 Å². The Bertz CT molecular complexity index is 167. The molecule has 0 radical (unpaired) electrons. The van der Waals surface area contributed by atoms with Crippen LogP contribution in [-0.4, -0.2) is 13.1 Å². The average Bonchev–Trinajstić information content (AvgIpc) is 2.46. The minimum absolute atomic E-state index is 0.456. The molecule has 0 spiro atoms. The Hall–Kier alpha value is -0.0800. The second kappa shape index (κ2) is 3.00. The highest BCUT2D eigenvalue weighted by molar-refractivity contribution is 4.98. The lowest BCUT2D eigenvalue weighted by molar-refractivity contribution is 0.127. The normalized spacial score (nSPS) is 46.5. The number of rotatable bonds is 2. The lowest BCUT2D eigenvalue weighted by atomic mass is 9.67. The van der Waals surface area contributed by atoms with E-state index >= 15 is 0 Å². The van der Waals surface area contributed by atoms with Crippen LogP contribution in [0, 0.1) is 17.3 Å². The van der Waals surface area contributed by atoms with Gasteiger partial charge in [-0.3, -0.25) is 0 Å². The highest BCUT2D eigenvalue weighted by Gasteiger charge is 2.46. The SMILES string of the molecule is NCC1CCC2CCC1(CN)C2. The first-order chi connectivity index (χ1) is 5.80. The van der Waals surface area contributed by atoms with Gasteiger partial charge in [-0.05, 0) is 56.0 Å². The molecule has 4 N–H and O–H groups in total. The molecule has 2 fully saturated rings. The fraction of sp³-hybridized carbons (Fsp3) is 1.00. The summed E-state index contributed by atoms with van der Waals surface area (Å²) < 4.78 is 0. The Kier molecular flexibility index (Phi) is 2.13. The van der Waals surface area contributed by atoms with E-state index in [2.05, 4.69) is 0 Å². The molecule has 2 rings (SSSR count). The molecular weight excluding hydrogens is 148 g/mol. The van der Waals surface area contributed by atoms with Crippen molar-refractivity contribution >= 4 is 0 Å². The Morgan fingerprint density at radius 1 is 1.17 bits per heavy atom. The van der Waals surface area contributed by atoms with Crippen molar-refractivity contribution in [3.05, 3.63) is 0 Å². The molecule has 2 aliphatic carbocycles. The van der Waals surface area contributed by atoms with Crippen molar-refractivity contribution in [3.8, 4) is 0 Å². The summed E-state index contributed by atoms with van der Waals surface area (Å²) in [5, 5.41) is 0. The second-order valence-corrected chi connectivity index (χ2v) is 4.69. The smallest absolute Gasteiger partial charge is 0.00173 e. The van der Waals surface area contributed by atoms with E-state index in [-0.39, 0.29) is 0 Å². The van der Waals surface area contributed by atoms with Gasteiger partial charge in [0.25, 0.3) is 0 Å². The number of nitrogens with two attached hydrogens (primary N) is 2. The molecule has 0 aromatic rings. The van der Waals surface area contributed by atoms with Gasteiger partial charge in [0.15, 0.2) is 0 Å². The van der Waals surface area contributed by atoms with Crippen LogP contribution in [0.15, 0.2) is 0 Å². The van der Waals surface area contributed by atoms with E-state index in [0.717, 1.165) is 24.9 Å². The van der Waals surface area contributed by atoms with Crippen LogP contribution >= 0.6 is 0 Å². The van der Waals surface area contributed by atoms with E-state index in [1.165, 1.54) is 32.1 Å². The van der Waals surface area contributed by atoms with Gasteiger partial charge >= 0.3 is 0 Å². The first-order valence-electron chi connectivity index (χ1n) is 5.21. The fourth-order valence-corrected chi connectivity index (χ4v) is 3.35. The van der Waals surface area contributed by atoms with Crippen molar-refractivity contribution in [1.29, 1.82) is 0 Å². The van der Waals surface area contributed by atoms with E-state index in [4.69, 9.17) is 11.5 Å². The predicted octanol–water partition coefficient (Wildman–Crippen LogP) is 1.10. The van der Waals surface area contributed by atoms with Crippen molar-refractivity contribution in [2.45, 2.75) is 32.1 Å². The zero-order valence-electron chi connectivity index (χ0n) is 7.76. The molecule has 0 aliphatic heterocycles. The standard InChI is InChI=1S/C10H20N2/c11-6-9-2-1-8-3-4-10(9,5-8)7-12/h8-9H,1-7,11-12H2.